The van der Waals surface area contributed by atoms with Gasteiger partial charge < -0.3 is 14.4 Å². The van der Waals surface area contributed by atoms with Gasteiger partial charge in [0.2, 0.25) is 0 Å². The Morgan fingerprint density at radius 2 is 2.00 bits per heavy atom. The number of aromatic nitrogens is 1. The van der Waals surface area contributed by atoms with Crippen LogP contribution in [0.15, 0.2) is 42.6 Å². The Labute approximate surface area is 143 Å². The molecule has 0 bridgehead atoms. The fourth-order valence-corrected chi connectivity index (χ4v) is 2.64. The van der Waals surface area contributed by atoms with Crippen molar-refractivity contribution in [3.05, 3.63) is 53.3 Å². The van der Waals surface area contributed by atoms with Crippen LogP contribution in [-0.2, 0) is 13.6 Å². The molecule has 0 fully saturated rings. The molecule has 0 amide bonds. The van der Waals surface area contributed by atoms with Gasteiger partial charge in [0.15, 0.2) is 0 Å². The Morgan fingerprint density at radius 1 is 1.26 bits per heavy atom. The third-order valence-electron chi connectivity index (χ3n) is 3.70. The standard InChI is InChI=1S/C18H25ClN2O2/c1-3-10-21(12-16-5-4-11-20(16)2)13-17(22)14-23-18-8-6-15(19)7-9-18/h4-9,11,17,22H,3,10,12-14H2,1-2H3. The number of hydrogen-bond donors (Lipinski definition) is 1. The number of aliphatic hydroxyl groups is 1. The van der Waals surface area contributed by atoms with Crippen molar-refractivity contribution in [3.8, 4) is 5.75 Å². The van der Waals surface area contributed by atoms with Crippen molar-refractivity contribution in [2.24, 2.45) is 7.05 Å². The van der Waals surface area contributed by atoms with E-state index in [4.69, 9.17) is 16.3 Å². The molecular weight excluding hydrogens is 312 g/mol. The zero-order chi connectivity index (χ0) is 16.7. The highest BCUT2D eigenvalue weighted by Gasteiger charge is 2.13. The Balaban J connectivity index is 1.83. The van der Waals surface area contributed by atoms with E-state index >= 15 is 0 Å². The van der Waals surface area contributed by atoms with Gasteiger partial charge in [-0.25, -0.2) is 0 Å². The molecule has 1 aromatic carbocycles. The van der Waals surface area contributed by atoms with E-state index in [2.05, 4.69) is 22.5 Å². The summed E-state index contributed by atoms with van der Waals surface area (Å²) < 4.78 is 7.73. The summed E-state index contributed by atoms with van der Waals surface area (Å²) in [5, 5.41) is 10.9. The lowest BCUT2D eigenvalue weighted by Gasteiger charge is -2.25. The summed E-state index contributed by atoms with van der Waals surface area (Å²) in [5.74, 6) is 0.720. The lowest BCUT2D eigenvalue weighted by atomic mass is 10.2. The molecular formula is C18H25ClN2O2. The molecule has 0 aliphatic heterocycles. The predicted octanol–water partition coefficient (Wildman–Crippen LogP) is 3.33. The zero-order valence-corrected chi connectivity index (χ0v) is 14.5. The quantitative estimate of drug-likeness (QED) is 0.763. The number of halogens is 1. The second-order valence-electron chi connectivity index (χ2n) is 5.76. The summed E-state index contributed by atoms with van der Waals surface area (Å²) in [7, 11) is 2.04. The number of ether oxygens (including phenoxy) is 1. The second-order valence-corrected chi connectivity index (χ2v) is 6.20. The summed E-state index contributed by atoms with van der Waals surface area (Å²) in [6, 6.07) is 11.3. The Bertz CT molecular complexity index is 583. The molecule has 1 unspecified atom stereocenters. The van der Waals surface area contributed by atoms with Crippen LogP contribution < -0.4 is 4.74 Å². The number of benzene rings is 1. The van der Waals surface area contributed by atoms with E-state index < -0.39 is 6.10 Å². The highest BCUT2D eigenvalue weighted by Crippen LogP contribution is 2.16. The van der Waals surface area contributed by atoms with E-state index in [-0.39, 0.29) is 6.61 Å². The van der Waals surface area contributed by atoms with Crippen molar-refractivity contribution in [3.63, 3.8) is 0 Å². The van der Waals surface area contributed by atoms with Gasteiger partial charge in [0.1, 0.15) is 18.5 Å². The topological polar surface area (TPSA) is 37.6 Å². The minimum atomic E-state index is -0.530. The largest absolute Gasteiger partial charge is 0.491 e. The number of hydrogen-bond acceptors (Lipinski definition) is 3. The van der Waals surface area contributed by atoms with Crippen LogP contribution in [0.4, 0.5) is 0 Å². The van der Waals surface area contributed by atoms with Gasteiger partial charge in [0.05, 0.1) is 0 Å². The highest BCUT2D eigenvalue weighted by atomic mass is 35.5. The summed E-state index contributed by atoms with van der Waals surface area (Å²) in [5.41, 5.74) is 1.24. The maximum atomic E-state index is 10.3. The van der Waals surface area contributed by atoms with Crippen molar-refractivity contribution in [1.29, 1.82) is 0 Å². The maximum absolute atomic E-state index is 10.3. The van der Waals surface area contributed by atoms with Gasteiger partial charge in [0, 0.05) is 37.1 Å². The number of aliphatic hydroxyl groups excluding tert-OH is 1. The minimum absolute atomic E-state index is 0.273. The molecule has 0 aliphatic rings. The lowest BCUT2D eigenvalue weighted by molar-refractivity contribution is 0.0649. The van der Waals surface area contributed by atoms with E-state index in [1.165, 1.54) is 5.69 Å². The van der Waals surface area contributed by atoms with E-state index in [0.717, 1.165) is 25.3 Å². The van der Waals surface area contributed by atoms with Crippen LogP contribution in [0.1, 0.15) is 19.0 Å². The molecule has 23 heavy (non-hydrogen) atoms. The average molecular weight is 337 g/mol. The molecule has 0 spiro atoms. The monoisotopic (exact) mass is 336 g/mol. The molecule has 2 rings (SSSR count). The maximum Gasteiger partial charge on any atom is 0.119 e. The van der Waals surface area contributed by atoms with E-state index in [1.807, 2.05) is 31.4 Å². The first-order valence-electron chi connectivity index (χ1n) is 7.97. The summed E-state index contributed by atoms with van der Waals surface area (Å²) >= 11 is 5.84. The first-order chi connectivity index (χ1) is 11.1. The number of nitrogens with zero attached hydrogens (tertiary/aromatic N) is 2. The Morgan fingerprint density at radius 3 is 2.61 bits per heavy atom. The molecule has 2 aromatic rings. The van der Waals surface area contributed by atoms with Crippen molar-refractivity contribution in [2.45, 2.75) is 26.0 Å². The van der Waals surface area contributed by atoms with Gasteiger partial charge in [-0.2, -0.15) is 0 Å². The molecule has 5 heteroatoms. The van der Waals surface area contributed by atoms with E-state index in [1.54, 1.807) is 12.1 Å². The fourth-order valence-electron chi connectivity index (χ4n) is 2.51. The Hall–Kier alpha value is -1.49. The van der Waals surface area contributed by atoms with Gasteiger partial charge in [-0.1, -0.05) is 18.5 Å². The third-order valence-corrected chi connectivity index (χ3v) is 3.95. The highest BCUT2D eigenvalue weighted by molar-refractivity contribution is 6.30. The molecule has 4 nitrogen and oxygen atoms in total. The van der Waals surface area contributed by atoms with E-state index in [0.29, 0.717) is 11.6 Å². The van der Waals surface area contributed by atoms with Gasteiger partial charge in [-0.3, -0.25) is 4.90 Å². The molecule has 1 N–H and O–H groups in total. The number of rotatable bonds is 9. The molecule has 0 saturated carbocycles. The number of aryl methyl sites for hydroxylation is 1. The average Bonchev–Trinajstić information content (AvgIpc) is 2.92. The fraction of sp³-hybridized carbons (Fsp3) is 0.444. The zero-order valence-electron chi connectivity index (χ0n) is 13.8. The molecule has 0 aliphatic carbocycles. The third kappa shape index (κ3) is 5.90. The molecule has 1 atom stereocenters. The summed E-state index contributed by atoms with van der Waals surface area (Å²) in [6.07, 6.45) is 2.56. The summed E-state index contributed by atoms with van der Waals surface area (Å²) in [6.45, 7) is 4.79. The van der Waals surface area contributed by atoms with Crippen molar-refractivity contribution in [1.82, 2.24) is 9.47 Å². The smallest absolute Gasteiger partial charge is 0.119 e. The molecule has 0 radical (unpaired) electrons. The van der Waals surface area contributed by atoms with Crippen LogP contribution in [-0.4, -0.2) is 40.4 Å². The lowest BCUT2D eigenvalue weighted by Crippen LogP contribution is -2.36. The first-order valence-corrected chi connectivity index (χ1v) is 8.35. The van der Waals surface area contributed by atoms with Crippen molar-refractivity contribution < 1.29 is 9.84 Å². The molecule has 126 valence electrons. The van der Waals surface area contributed by atoms with Crippen LogP contribution in [0.2, 0.25) is 5.02 Å². The van der Waals surface area contributed by atoms with Crippen molar-refractivity contribution >= 4 is 11.6 Å². The predicted molar refractivity (Wildman–Crippen MR) is 93.9 cm³/mol. The SMILES string of the molecule is CCCN(Cc1cccn1C)CC(O)COc1ccc(Cl)cc1. The second kappa shape index (κ2) is 8.96. The molecule has 1 aromatic heterocycles. The van der Waals surface area contributed by atoms with Gasteiger partial charge in [-0.15, -0.1) is 0 Å². The molecule has 0 saturated heterocycles. The Kier molecular flexibility index (Phi) is 6.96. The molecule has 1 heterocycles. The first kappa shape index (κ1) is 17.9. The van der Waals surface area contributed by atoms with Gasteiger partial charge >= 0.3 is 0 Å². The van der Waals surface area contributed by atoms with Crippen LogP contribution in [0.5, 0.6) is 5.75 Å². The van der Waals surface area contributed by atoms with Gasteiger partial charge in [-0.05, 0) is 49.4 Å². The van der Waals surface area contributed by atoms with Gasteiger partial charge in [0.25, 0.3) is 0 Å². The minimum Gasteiger partial charge on any atom is -0.491 e. The van der Waals surface area contributed by atoms with Crippen LogP contribution in [0, 0.1) is 0 Å². The van der Waals surface area contributed by atoms with Crippen LogP contribution in [0.3, 0.4) is 0 Å². The van der Waals surface area contributed by atoms with Crippen LogP contribution in [0.25, 0.3) is 0 Å². The van der Waals surface area contributed by atoms with Crippen LogP contribution >= 0.6 is 11.6 Å². The normalized spacial score (nSPS) is 12.6. The summed E-state index contributed by atoms with van der Waals surface area (Å²) in [4.78, 5) is 2.26. The van der Waals surface area contributed by atoms with E-state index in [9.17, 15) is 5.11 Å². The van der Waals surface area contributed by atoms with Crippen molar-refractivity contribution in [2.75, 3.05) is 19.7 Å².